The summed E-state index contributed by atoms with van der Waals surface area (Å²) in [6, 6.07) is 5.47. The van der Waals surface area contributed by atoms with Crippen LogP contribution in [-0.4, -0.2) is 62.0 Å². The number of halogens is 4. The molecule has 0 spiro atoms. The molecular weight excluding hydrogens is 460 g/mol. The molecule has 178 valence electrons. The van der Waals surface area contributed by atoms with Crippen LogP contribution in [0.4, 0.5) is 23.5 Å². The molecule has 0 N–H and O–H groups in total. The molecule has 1 unspecified atom stereocenters. The first-order valence-corrected chi connectivity index (χ1v) is 12.6. The lowest BCUT2D eigenvalue weighted by atomic mass is 9.96. The third kappa shape index (κ3) is 5.13. The van der Waals surface area contributed by atoms with E-state index in [4.69, 9.17) is 0 Å². The Morgan fingerprint density at radius 1 is 1.09 bits per heavy atom. The fraction of sp³-hybridized carbons (Fsp3) is 0.455. The largest absolute Gasteiger partial charge is 0.419 e. The summed E-state index contributed by atoms with van der Waals surface area (Å²) in [6.45, 7) is 0.663. The highest BCUT2D eigenvalue weighted by atomic mass is 32.2. The molecule has 2 aliphatic heterocycles. The lowest BCUT2D eigenvalue weighted by molar-refractivity contribution is -0.139. The number of hydrogen-bond donors (Lipinski definition) is 0. The van der Waals surface area contributed by atoms with Gasteiger partial charge in [0, 0.05) is 55.0 Å². The number of rotatable bonds is 3. The Balaban J connectivity index is 1.59. The van der Waals surface area contributed by atoms with E-state index in [1.807, 2.05) is 0 Å². The van der Waals surface area contributed by atoms with Crippen molar-refractivity contribution in [3.63, 3.8) is 0 Å². The minimum Gasteiger partial charge on any atom is -0.337 e. The molecule has 0 radical (unpaired) electrons. The smallest absolute Gasteiger partial charge is 0.337 e. The van der Waals surface area contributed by atoms with Crippen LogP contribution in [0, 0.1) is 11.7 Å². The predicted octanol–water partition coefficient (Wildman–Crippen LogP) is 3.15. The minimum atomic E-state index is -4.54. The van der Waals surface area contributed by atoms with Gasteiger partial charge in [0.15, 0.2) is 0 Å². The van der Waals surface area contributed by atoms with Crippen molar-refractivity contribution in [1.82, 2.24) is 14.9 Å². The molecule has 2 saturated heterocycles. The zero-order valence-corrected chi connectivity index (χ0v) is 18.6. The number of benzene rings is 1. The SMILES string of the molecule is C=S1(=O)CCC(C(=O)N2CCN(c3ncc(C(F)(F)F)cn3)CC2c2ccccc2F)CC1. The van der Waals surface area contributed by atoms with Gasteiger partial charge in [-0.3, -0.25) is 9.00 Å². The fourth-order valence-electron chi connectivity index (χ4n) is 4.31. The Kier molecular flexibility index (Phi) is 6.35. The fourth-order valence-corrected chi connectivity index (χ4v) is 5.95. The van der Waals surface area contributed by atoms with Crippen LogP contribution in [0.3, 0.4) is 0 Å². The van der Waals surface area contributed by atoms with E-state index in [0.29, 0.717) is 36.5 Å². The van der Waals surface area contributed by atoms with Gasteiger partial charge in [0.1, 0.15) is 5.82 Å². The molecule has 3 heterocycles. The van der Waals surface area contributed by atoms with E-state index in [9.17, 15) is 26.6 Å². The summed E-state index contributed by atoms with van der Waals surface area (Å²) in [6.07, 6.45) is -2.18. The van der Waals surface area contributed by atoms with Gasteiger partial charge in [0.25, 0.3) is 0 Å². The maximum atomic E-state index is 14.7. The molecule has 2 aliphatic rings. The number of nitrogens with zero attached hydrogens (tertiary/aromatic N) is 4. The maximum Gasteiger partial charge on any atom is 0.419 e. The molecule has 11 heteroatoms. The van der Waals surface area contributed by atoms with Gasteiger partial charge >= 0.3 is 6.18 Å². The van der Waals surface area contributed by atoms with Gasteiger partial charge in [0.05, 0.1) is 11.6 Å². The summed E-state index contributed by atoms with van der Waals surface area (Å²) in [5.74, 6) is 3.67. The standard InChI is InChI=1S/C22H24F4N4O2S/c1-33(32)10-6-15(7-11-33)20(31)30-9-8-29(14-19(30)17-4-2-3-5-18(17)23)21-27-12-16(13-28-21)22(24,25)26/h2-5,12-13,15,19H,1,6-11,14H2. The molecule has 0 bridgehead atoms. The molecule has 1 aromatic carbocycles. The van der Waals surface area contributed by atoms with Crippen molar-refractivity contribution in [3.05, 3.63) is 53.6 Å². The minimum absolute atomic E-state index is 0.0888. The highest BCUT2D eigenvalue weighted by Gasteiger charge is 2.38. The number of aromatic nitrogens is 2. The van der Waals surface area contributed by atoms with Crippen LogP contribution in [0.2, 0.25) is 0 Å². The van der Waals surface area contributed by atoms with E-state index >= 15 is 0 Å². The number of alkyl halides is 3. The molecule has 0 aliphatic carbocycles. The molecule has 4 rings (SSSR count). The number of hydrogen-bond acceptors (Lipinski definition) is 5. The van der Waals surface area contributed by atoms with Gasteiger partial charge < -0.3 is 9.80 Å². The van der Waals surface area contributed by atoms with E-state index < -0.39 is 33.1 Å². The van der Waals surface area contributed by atoms with E-state index in [-0.39, 0.29) is 30.9 Å². The van der Waals surface area contributed by atoms with Crippen molar-refractivity contribution in [2.75, 3.05) is 36.0 Å². The third-order valence-corrected chi connectivity index (χ3v) is 8.16. The van der Waals surface area contributed by atoms with Crippen LogP contribution < -0.4 is 4.90 Å². The van der Waals surface area contributed by atoms with Crippen molar-refractivity contribution < 1.29 is 26.6 Å². The van der Waals surface area contributed by atoms with Crippen LogP contribution in [0.5, 0.6) is 0 Å². The molecule has 2 fully saturated rings. The topological polar surface area (TPSA) is 66.4 Å². The molecule has 1 atom stereocenters. The molecule has 6 nitrogen and oxygen atoms in total. The van der Waals surface area contributed by atoms with E-state index in [2.05, 4.69) is 15.8 Å². The first-order valence-electron chi connectivity index (χ1n) is 10.6. The van der Waals surface area contributed by atoms with Gasteiger partial charge in [0.2, 0.25) is 11.9 Å². The normalized spacial score (nSPS) is 26.3. The highest BCUT2D eigenvalue weighted by Crippen LogP contribution is 2.33. The van der Waals surface area contributed by atoms with Crippen molar-refractivity contribution in [3.8, 4) is 0 Å². The lowest BCUT2D eigenvalue weighted by Crippen LogP contribution is -2.53. The second-order valence-electron chi connectivity index (χ2n) is 8.43. The number of amides is 1. The monoisotopic (exact) mass is 484 g/mol. The Morgan fingerprint density at radius 3 is 2.33 bits per heavy atom. The Hall–Kier alpha value is -2.69. The summed E-state index contributed by atoms with van der Waals surface area (Å²) < 4.78 is 65.5. The van der Waals surface area contributed by atoms with Crippen LogP contribution in [-0.2, 0) is 20.5 Å². The lowest BCUT2D eigenvalue weighted by Gasteiger charge is -2.43. The van der Waals surface area contributed by atoms with Gasteiger partial charge in [-0.1, -0.05) is 18.2 Å². The summed E-state index contributed by atoms with van der Waals surface area (Å²) in [5.41, 5.74) is -0.635. The van der Waals surface area contributed by atoms with E-state index in [0.717, 1.165) is 12.4 Å². The van der Waals surface area contributed by atoms with E-state index in [1.54, 1.807) is 28.0 Å². The van der Waals surface area contributed by atoms with Gasteiger partial charge in [-0.15, -0.1) is 0 Å². The average molecular weight is 485 g/mol. The molecule has 1 aromatic heterocycles. The highest BCUT2D eigenvalue weighted by molar-refractivity contribution is 8.00. The Labute approximate surface area is 189 Å². The third-order valence-electron chi connectivity index (χ3n) is 6.20. The summed E-state index contributed by atoms with van der Waals surface area (Å²) in [4.78, 5) is 24.4. The van der Waals surface area contributed by atoms with Crippen LogP contribution in [0.15, 0.2) is 36.7 Å². The summed E-state index contributed by atoms with van der Waals surface area (Å²) in [7, 11) is -2.15. The maximum absolute atomic E-state index is 14.7. The quantitative estimate of drug-likeness (QED) is 0.495. The van der Waals surface area contributed by atoms with Crippen molar-refractivity contribution in [2.24, 2.45) is 5.92 Å². The zero-order chi connectivity index (χ0) is 23.8. The first-order chi connectivity index (χ1) is 15.5. The van der Waals surface area contributed by atoms with Crippen LogP contribution in [0.25, 0.3) is 0 Å². The number of anilines is 1. The second kappa shape index (κ2) is 8.92. The molecule has 0 saturated carbocycles. The number of piperazine rings is 1. The second-order valence-corrected chi connectivity index (χ2v) is 11.2. The Morgan fingerprint density at radius 2 is 1.73 bits per heavy atom. The molecule has 2 aromatic rings. The number of carbonyl (C=O) groups excluding carboxylic acids is 1. The van der Waals surface area contributed by atoms with Crippen molar-refractivity contribution >= 4 is 27.2 Å². The van der Waals surface area contributed by atoms with Crippen LogP contribution in [0.1, 0.15) is 30.0 Å². The van der Waals surface area contributed by atoms with Gasteiger partial charge in [-0.2, -0.15) is 13.2 Å². The van der Waals surface area contributed by atoms with Crippen molar-refractivity contribution in [2.45, 2.75) is 25.1 Å². The van der Waals surface area contributed by atoms with Crippen molar-refractivity contribution in [1.29, 1.82) is 0 Å². The summed E-state index contributed by atoms with van der Waals surface area (Å²) in [5, 5.41) is 0. The molecule has 33 heavy (non-hydrogen) atoms. The van der Waals surface area contributed by atoms with Gasteiger partial charge in [-0.05, 0) is 34.3 Å². The van der Waals surface area contributed by atoms with Gasteiger partial charge in [-0.25, -0.2) is 14.4 Å². The number of carbonyl (C=O) groups is 1. The van der Waals surface area contributed by atoms with E-state index in [1.165, 1.54) is 6.07 Å². The molecular formula is C22H24F4N4O2S. The zero-order valence-electron chi connectivity index (χ0n) is 17.8. The van der Waals surface area contributed by atoms with Crippen LogP contribution >= 0.6 is 0 Å². The predicted molar refractivity (Wildman–Crippen MR) is 118 cm³/mol. The summed E-state index contributed by atoms with van der Waals surface area (Å²) >= 11 is 0. The Bertz CT molecular complexity index is 1110. The first kappa shape index (κ1) is 23.5. The molecule has 1 amide bonds. The average Bonchev–Trinajstić information content (AvgIpc) is 2.78.